The van der Waals surface area contributed by atoms with E-state index in [-0.39, 0.29) is 18.0 Å². The predicted octanol–water partition coefficient (Wildman–Crippen LogP) is 1.27. The van der Waals surface area contributed by atoms with Crippen LogP contribution in [0.3, 0.4) is 0 Å². The quantitative estimate of drug-likeness (QED) is 0.578. The normalized spacial score (nSPS) is 10.8. The molecule has 1 N–H and O–H groups in total. The van der Waals surface area contributed by atoms with E-state index in [0.29, 0.717) is 17.8 Å². The van der Waals surface area contributed by atoms with E-state index in [1.807, 2.05) is 36.4 Å². The number of hydrogen-bond acceptors (Lipinski definition) is 5. The van der Waals surface area contributed by atoms with Gasteiger partial charge < -0.3 is 5.32 Å². The summed E-state index contributed by atoms with van der Waals surface area (Å²) in [7, 11) is 0. The summed E-state index contributed by atoms with van der Waals surface area (Å²) in [6.07, 6.45) is 4.77. The fourth-order valence-electron chi connectivity index (χ4n) is 2.70. The van der Waals surface area contributed by atoms with Gasteiger partial charge in [0.1, 0.15) is 18.4 Å². The second kappa shape index (κ2) is 7.20. The van der Waals surface area contributed by atoms with Gasteiger partial charge in [-0.25, -0.2) is 9.20 Å². The summed E-state index contributed by atoms with van der Waals surface area (Å²) in [6, 6.07) is 14.9. The highest BCUT2D eigenvalue weighted by Crippen LogP contribution is 2.17. The van der Waals surface area contributed by atoms with Gasteiger partial charge in [-0.2, -0.15) is 10.2 Å². The van der Waals surface area contributed by atoms with Crippen molar-refractivity contribution in [1.82, 2.24) is 29.7 Å². The summed E-state index contributed by atoms with van der Waals surface area (Å²) in [5, 5.41) is 11.2. The zero-order valence-electron chi connectivity index (χ0n) is 14.3. The summed E-state index contributed by atoms with van der Waals surface area (Å²) in [5.41, 5.74) is 2.45. The maximum absolute atomic E-state index is 12.6. The number of hydrogen-bond donors (Lipinski definition) is 1. The third kappa shape index (κ3) is 3.59. The van der Waals surface area contributed by atoms with Crippen LogP contribution in [0.2, 0.25) is 0 Å². The van der Waals surface area contributed by atoms with E-state index < -0.39 is 0 Å². The summed E-state index contributed by atoms with van der Waals surface area (Å²) >= 11 is 0. The lowest BCUT2D eigenvalue weighted by molar-refractivity contribution is -0.122. The molecule has 0 aliphatic heterocycles. The minimum Gasteiger partial charge on any atom is -0.350 e. The molecule has 0 bridgehead atoms. The maximum atomic E-state index is 12.6. The van der Waals surface area contributed by atoms with Gasteiger partial charge in [0.2, 0.25) is 5.91 Å². The lowest BCUT2D eigenvalue weighted by Crippen LogP contribution is -2.34. The van der Waals surface area contributed by atoms with E-state index in [0.717, 1.165) is 15.8 Å². The van der Waals surface area contributed by atoms with Gasteiger partial charge in [-0.1, -0.05) is 36.4 Å². The Hall–Kier alpha value is -3.81. The molecule has 27 heavy (non-hydrogen) atoms. The number of fused-ring (bicyclic) bond motifs is 1. The molecule has 0 saturated carbocycles. The molecule has 0 aliphatic rings. The molecule has 8 heteroatoms. The van der Waals surface area contributed by atoms with Gasteiger partial charge in [-0.05, 0) is 17.7 Å². The topological polar surface area (TPSA) is 94.2 Å². The first-order chi connectivity index (χ1) is 13.2. The molecule has 1 amide bonds. The number of carbonyl (C=O) groups is 1. The Morgan fingerprint density at radius 1 is 1.11 bits per heavy atom. The van der Waals surface area contributed by atoms with E-state index >= 15 is 0 Å². The van der Waals surface area contributed by atoms with Gasteiger partial charge in [0.05, 0.1) is 5.69 Å². The third-order valence-corrected chi connectivity index (χ3v) is 4.07. The van der Waals surface area contributed by atoms with Gasteiger partial charge in [0.15, 0.2) is 0 Å². The van der Waals surface area contributed by atoms with Gasteiger partial charge in [-0.15, -0.1) is 0 Å². The van der Waals surface area contributed by atoms with Crippen LogP contribution in [0.1, 0.15) is 5.56 Å². The third-order valence-electron chi connectivity index (χ3n) is 4.07. The van der Waals surface area contributed by atoms with Crippen molar-refractivity contribution in [1.29, 1.82) is 0 Å². The van der Waals surface area contributed by atoms with Crippen LogP contribution in [0.15, 0.2) is 72.0 Å². The van der Waals surface area contributed by atoms with Crippen LogP contribution in [0.25, 0.3) is 16.8 Å². The standard InChI is InChI=1S/C19H16N6O2/c26-18(21-11-14-5-4-8-20-10-14)12-24-19(27)17-9-16(23-25(17)13-22-24)15-6-2-1-3-7-15/h1-10,13H,11-12H2,(H,21,26). The molecule has 1 aromatic carbocycles. The second-order valence-corrected chi connectivity index (χ2v) is 5.96. The Morgan fingerprint density at radius 3 is 2.74 bits per heavy atom. The Bertz CT molecular complexity index is 1140. The predicted molar refractivity (Wildman–Crippen MR) is 98.8 cm³/mol. The highest BCUT2D eigenvalue weighted by atomic mass is 16.2. The summed E-state index contributed by atoms with van der Waals surface area (Å²) in [5.74, 6) is -0.305. The average Bonchev–Trinajstić information content (AvgIpc) is 3.15. The first kappa shape index (κ1) is 16.6. The van der Waals surface area contributed by atoms with Crippen molar-refractivity contribution in [3.05, 3.63) is 83.2 Å². The smallest absolute Gasteiger partial charge is 0.293 e. The Kier molecular flexibility index (Phi) is 4.44. The molecule has 0 unspecified atom stereocenters. The van der Waals surface area contributed by atoms with Crippen molar-refractivity contribution in [3.8, 4) is 11.3 Å². The molecule has 4 aromatic rings. The van der Waals surface area contributed by atoms with Crippen LogP contribution in [0.5, 0.6) is 0 Å². The molecule has 0 atom stereocenters. The van der Waals surface area contributed by atoms with Gasteiger partial charge in [0.25, 0.3) is 5.56 Å². The first-order valence-electron chi connectivity index (χ1n) is 8.37. The SMILES string of the molecule is O=C(Cn1ncn2nc(-c3ccccc3)cc2c1=O)NCc1cccnc1. The number of nitrogens with zero attached hydrogens (tertiary/aromatic N) is 5. The van der Waals surface area contributed by atoms with Crippen LogP contribution in [0.4, 0.5) is 0 Å². The Morgan fingerprint density at radius 2 is 1.96 bits per heavy atom. The van der Waals surface area contributed by atoms with Crippen LogP contribution in [-0.4, -0.2) is 30.3 Å². The summed E-state index contributed by atoms with van der Waals surface area (Å²) in [6.45, 7) is 0.177. The van der Waals surface area contributed by atoms with Crippen LogP contribution in [-0.2, 0) is 17.9 Å². The zero-order valence-corrected chi connectivity index (χ0v) is 14.3. The van der Waals surface area contributed by atoms with Crippen LogP contribution < -0.4 is 10.9 Å². The number of nitrogens with one attached hydrogen (secondary N) is 1. The number of carbonyl (C=O) groups excluding carboxylic acids is 1. The number of pyridine rings is 1. The fraction of sp³-hybridized carbons (Fsp3) is 0.105. The van der Waals surface area contributed by atoms with E-state index in [1.54, 1.807) is 24.5 Å². The molecular weight excluding hydrogens is 344 g/mol. The van der Waals surface area contributed by atoms with Crippen molar-refractivity contribution in [3.63, 3.8) is 0 Å². The number of amides is 1. The van der Waals surface area contributed by atoms with E-state index in [4.69, 9.17) is 0 Å². The molecule has 134 valence electrons. The zero-order chi connectivity index (χ0) is 18.6. The van der Waals surface area contributed by atoms with Crippen molar-refractivity contribution < 1.29 is 4.79 Å². The molecule has 0 radical (unpaired) electrons. The lowest BCUT2D eigenvalue weighted by Gasteiger charge is -2.06. The molecular formula is C19H16N6O2. The van der Waals surface area contributed by atoms with Gasteiger partial charge in [-0.3, -0.25) is 14.6 Å². The first-order valence-corrected chi connectivity index (χ1v) is 8.37. The average molecular weight is 360 g/mol. The lowest BCUT2D eigenvalue weighted by atomic mass is 10.1. The monoisotopic (exact) mass is 360 g/mol. The van der Waals surface area contributed by atoms with E-state index in [1.165, 1.54) is 10.8 Å². The van der Waals surface area contributed by atoms with E-state index in [2.05, 4.69) is 20.5 Å². The molecule has 0 aliphatic carbocycles. The van der Waals surface area contributed by atoms with E-state index in [9.17, 15) is 9.59 Å². The molecule has 3 aromatic heterocycles. The summed E-state index contributed by atoms with van der Waals surface area (Å²) < 4.78 is 2.55. The van der Waals surface area contributed by atoms with Crippen molar-refractivity contribution in [2.24, 2.45) is 0 Å². The number of aromatic nitrogens is 5. The van der Waals surface area contributed by atoms with Crippen LogP contribution in [0, 0.1) is 0 Å². The molecule has 8 nitrogen and oxygen atoms in total. The molecule has 0 fully saturated rings. The van der Waals surface area contributed by atoms with Gasteiger partial charge >= 0.3 is 0 Å². The van der Waals surface area contributed by atoms with Crippen molar-refractivity contribution in [2.45, 2.75) is 13.1 Å². The number of rotatable bonds is 5. The Labute approximate surface area is 154 Å². The highest BCUT2D eigenvalue weighted by molar-refractivity contribution is 5.75. The summed E-state index contributed by atoms with van der Waals surface area (Å²) in [4.78, 5) is 28.8. The molecule has 0 saturated heterocycles. The molecule has 4 rings (SSSR count). The maximum Gasteiger partial charge on any atom is 0.293 e. The fourth-order valence-corrected chi connectivity index (χ4v) is 2.70. The highest BCUT2D eigenvalue weighted by Gasteiger charge is 2.12. The minimum atomic E-state index is -0.372. The molecule has 3 heterocycles. The van der Waals surface area contributed by atoms with Crippen molar-refractivity contribution >= 4 is 11.4 Å². The van der Waals surface area contributed by atoms with Gasteiger partial charge in [0, 0.05) is 24.5 Å². The Balaban J connectivity index is 1.53. The largest absolute Gasteiger partial charge is 0.350 e. The second-order valence-electron chi connectivity index (χ2n) is 5.96. The number of benzene rings is 1. The van der Waals surface area contributed by atoms with Crippen LogP contribution >= 0.6 is 0 Å². The molecule has 0 spiro atoms. The minimum absolute atomic E-state index is 0.165. The van der Waals surface area contributed by atoms with Crippen molar-refractivity contribution in [2.75, 3.05) is 0 Å².